The second-order valence-corrected chi connectivity index (χ2v) is 9.01. The predicted molar refractivity (Wildman–Crippen MR) is 123 cm³/mol. The van der Waals surface area contributed by atoms with Crippen LogP contribution in [0.1, 0.15) is 32.9 Å². The van der Waals surface area contributed by atoms with E-state index in [1.54, 1.807) is 25.6 Å². The summed E-state index contributed by atoms with van der Waals surface area (Å²) in [5.74, 6) is -2.96. The molecular weight excluding hydrogens is 452 g/mol. The van der Waals surface area contributed by atoms with Gasteiger partial charge in [-0.25, -0.2) is 9.78 Å². The van der Waals surface area contributed by atoms with E-state index in [1.165, 1.54) is 19.4 Å². The number of aliphatic hydroxyl groups excluding tert-OH is 1. The maximum atomic E-state index is 13.0. The second-order valence-electron chi connectivity index (χ2n) is 8.03. The number of H-pyrrole nitrogens is 1. The van der Waals surface area contributed by atoms with Crippen molar-refractivity contribution in [3.05, 3.63) is 18.2 Å². The zero-order chi connectivity index (χ0) is 25.1. The van der Waals surface area contributed by atoms with E-state index in [-0.39, 0.29) is 12.3 Å². The number of thioether (sulfide) groups is 1. The Kier molecular flexibility index (Phi) is 11.9. The van der Waals surface area contributed by atoms with Crippen LogP contribution in [0.2, 0.25) is 0 Å². The van der Waals surface area contributed by atoms with Gasteiger partial charge in [-0.1, -0.05) is 13.8 Å². The number of nitrogens with one attached hydrogen (secondary N) is 4. The number of carboxylic acid groups (broad SMARTS) is 1. The molecule has 1 heterocycles. The topological polar surface area (TPSA) is 200 Å². The van der Waals surface area contributed by atoms with Crippen LogP contribution >= 0.6 is 11.8 Å². The van der Waals surface area contributed by atoms with Gasteiger partial charge in [-0.15, -0.1) is 0 Å². The van der Waals surface area contributed by atoms with Crippen molar-refractivity contribution in [2.24, 2.45) is 11.7 Å². The molecule has 0 aliphatic heterocycles. The van der Waals surface area contributed by atoms with Gasteiger partial charge >= 0.3 is 5.97 Å². The first-order chi connectivity index (χ1) is 15.5. The molecule has 0 aromatic carbocycles. The van der Waals surface area contributed by atoms with Gasteiger partial charge in [-0.3, -0.25) is 14.4 Å². The summed E-state index contributed by atoms with van der Waals surface area (Å²) >= 11 is 1.55. The normalized spacial score (nSPS) is 15.7. The van der Waals surface area contributed by atoms with Crippen molar-refractivity contribution in [3.63, 3.8) is 0 Å². The molecule has 5 atom stereocenters. The van der Waals surface area contributed by atoms with Gasteiger partial charge in [0.25, 0.3) is 0 Å². The Balaban J connectivity index is 3.00. The van der Waals surface area contributed by atoms with Crippen molar-refractivity contribution < 1.29 is 29.4 Å². The number of rotatable bonds is 14. The molecule has 3 amide bonds. The molecule has 1 aromatic heterocycles. The quantitative estimate of drug-likeness (QED) is 0.165. The Hall–Kier alpha value is -2.64. The number of amides is 3. The first-order valence-electron chi connectivity index (χ1n) is 10.5. The van der Waals surface area contributed by atoms with Gasteiger partial charge < -0.3 is 36.9 Å². The molecule has 0 bridgehead atoms. The third kappa shape index (κ3) is 9.40. The van der Waals surface area contributed by atoms with Crippen molar-refractivity contribution in [2.75, 3.05) is 12.0 Å². The highest BCUT2D eigenvalue weighted by Crippen LogP contribution is 2.07. The van der Waals surface area contributed by atoms with Gasteiger partial charge in [0.1, 0.15) is 12.1 Å². The van der Waals surface area contributed by atoms with Crippen LogP contribution in [0.4, 0.5) is 0 Å². The molecule has 5 unspecified atom stereocenters. The van der Waals surface area contributed by atoms with Crippen LogP contribution in [-0.2, 0) is 25.6 Å². The second kappa shape index (κ2) is 13.8. The Morgan fingerprint density at radius 2 is 1.73 bits per heavy atom. The van der Waals surface area contributed by atoms with E-state index in [0.29, 0.717) is 17.9 Å². The summed E-state index contributed by atoms with van der Waals surface area (Å²) < 4.78 is 0. The number of imidazole rings is 1. The van der Waals surface area contributed by atoms with Crippen molar-refractivity contribution in [1.82, 2.24) is 25.9 Å². The third-order valence-electron chi connectivity index (χ3n) is 4.87. The molecule has 0 spiro atoms. The molecule has 186 valence electrons. The number of aromatic nitrogens is 2. The van der Waals surface area contributed by atoms with Gasteiger partial charge in [0.15, 0.2) is 6.04 Å². The van der Waals surface area contributed by atoms with Crippen LogP contribution in [0.3, 0.4) is 0 Å². The zero-order valence-electron chi connectivity index (χ0n) is 19.2. The SMILES string of the molecule is CSCCC(N)C(=O)NC(C(=O)NC(Cc1cnc[nH]1)C(=O)NC(C(=O)O)C(C)O)C(C)C. The molecular formula is C20H34N6O6S. The maximum Gasteiger partial charge on any atom is 0.328 e. The first kappa shape index (κ1) is 28.4. The fraction of sp³-hybridized carbons (Fsp3) is 0.650. The molecule has 33 heavy (non-hydrogen) atoms. The van der Waals surface area contributed by atoms with Gasteiger partial charge in [0.05, 0.1) is 18.5 Å². The predicted octanol–water partition coefficient (Wildman–Crippen LogP) is -1.39. The number of nitrogens with zero attached hydrogens (tertiary/aromatic N) is 1. The lowest BCUT2D eigenvalue weighted by Crippen LogP contribution is -2.59. The largest absolute Gasteiger partial charge is 0.480 e. The number of aliphatic carboxylic acids is 1. The van der Waals surface area contributed by atoms with Crippen LogP contribution in [0.5, 0.6) is 0 Å². The molecule has 0 saturated heterocycles. The van der Waals surface area contributed by atoms with Crippen LogP contribution in [0.25, 0.3) is 0 Å². The molecule has 13 heteroatoms. The number of carboxylic acids is 1. The lowest BCUT2D eigenvalue weighted by atomic mass is 10.0. The third-order valence-corrected chi connectivity index (χ3v) is 5.52. The molecule has 0 radical (unpaired) electrons. The number of nitrogens with two attached hydrogens (primary N) is 1. The van der Waals surface area contributed by atoms with E-state index in [1.807, 2.05) is 6.26 Å². The summed E-state index contributed by atoms with van der Waals surface area (Å²) in [6.07, 6.45) is 3.82. The van der Waals surface area contributed by atoms with E-state index in [0.717, 1.165) is 0 Å². The molecule has 0 aliphatic carbocycles. The Bertz CT molecular complexity index is 788. The van der Waals surface area contributed by atoms with Crippen molar-refractivity contribution in [2.45, 2.75) is 63.9 Å². The highest BCUT2D eigenvalue weighted by Gasteiger charge is 2.33. The first-order valence-corrected chi connectivity index (χ1v) is 11.9. The van der Waals surface area contributed by atoms with Gasteiger partial charge in [-0.05, 0) is 31.3 Å². The minimum atomic E-state index is -1.56. The van der Waals surface area contributed by atoms with Crippen LogP contribution in [0, 0.1) is 5.92 Å². The van der Waals surface area contributed by atoms with Gasteiger partial charge in [-0.2, -0.15) is 11.8 Å². The minimum absolute atomic E-state index is 0.0181. The van der Waals surface area contributed by atoms with Crippen LogP contribution in [-0.4, -0.2) is 86.2 Å². The Morgan fingerprint density at radius 3 is 2.21 bits per heavy atom. The Morgan fingerprint density at radius 1 is 1.09 bits per heavy atom. The minimum Gasteiger partial charge on any atom is -0.480 e. The summed E-state index contributed by atoms with van der Waals surface area (Å²) in [6.45, 7) is 4.69. The molecule has 1 rings (SSSR count). The molecule has 12 nitrogen and oxygen atoms in total. The van der Waals surface area contributed by atoms with Crippen LogP contribution in [0.15, 0.2) is 12.5 Å². The number of aromatic amines is 1. The number of carbonyl (C=O) groups excluding carboxylic acids is 3. The molecule has 8 N–H and O–H groups in total. The lowest BCUT2D eigenvalue weighted by Gasteiger charge is -2.27. The van der Waals surface area contributed by atoms with Crippen molar-refractivity contribution in [1.29, 1.82) is 0 Å². The van der Waals surface area contributed by atoms with E-state index in [9.17, 15) is 29.4 Å². The van der Waals surface area contributed by atoms with E-state index >= 15 is 0 Å². The van der Waals surface area contributed by atoms with Crippen LogP contribution < -0.4 is 21.7 Å². The standard InChI is InChI=1S/C20H34N6O6S/c1-10(2)15(25-17(28)13(21)5-6-33-4)19(30)24-14(7-12-8-22-9-23-12)18(29)26-16(11(3)27)20(31)32/h8-11,13-16,27H,5-7,21H2,1-4H3,(H,22,23)(H,24,30)(H,25,28)(H,26,29)(H,31,32). The molecule has 1 aromatic rings. The summed E-state index contributed by atoms with van der Waals surface area (Å²) in [5, 5.41) is 26.4. The summed E-state index contributed by atoms with van der Waals surface area (Å²) in [4.78, 5) is 56.3. The summed E-state index contributed by atoms with van der Waals surface area (Å²) in [5.41, 5.74) is 6.41. The number of hydrogen-bond acceptors (Lipinski definition) is 8. The average Bonchev–Trinajstić information content (AvgIpc) is 3.25. The van der Waals surface area contributed by atoms with E-state index in [2.05, 4.69) is 25.9 Å². The fourth-order valence-electron chi connectivity index (χ4n) is 2.90. The molecule has 0 fully saturated rings. The van der Waals surface area contributed by atoms with E-state index in [4.69, 9.17) is 5.73 Å². The average molecular weight is 487 g/mol. The van der Waals surface area contributed by atoms with E-state index < -0.39 is 54.0 Å². The molecule has 0 aliphatic rings. The summed E-state index contributed by atoms with van der Waals surface area (Å²) in [6, 6.07) is -4.50. The van der Waals surface area contributed by atoms with Gasteiger partial charge in [0, 0.05) is 18.3 Å². The maximum absolute atomic E-state index is 13.0. The highest BCUT2D eigenvalue weighted by molar-refractivity contribution is 7.98. The smallest absolute Gasteiger partial charge is 0.328 e. The lowest BCUT2D eigenvalue weighted by molar-refractivity contribution is -0.145. The van der Waals surface area contributed by atoms with Crippen molar-refractivity contribution in [3.8, 4) is 0 Å². The zero-order valence-corrected chi connectivity index (χ0v) is 20.0. The fourth-order valence-corrected chi connectivity index (χ4v) is 3.39. The monoisotopic (exact) mass is 486 g/mol. The highest BCUT2D eigenvalue weighted by atomic mass is 32.2. The molecule has 0 saturated carbocycles. The van der Waals surface area contributed by atoms with Gasteiger partial charge in [0.2, 0.25) is 17.7 Å². The van der Waals surface area contributed by atoms with Crippen molar-refractivity contribution >= 4 is 35.5 Å². The number of carbonyl (C=O) groups is 4. The Labute approximate surface area is 196 Å². The number of aliphatic hydroxyl groups is 1. The summed E-state index contributed by atoms with van der Waals surface area (Å²) in [7, 11) is 0. The number of hydrogen-bond donors (Lipinski definition) is 7.